The zero-order valence-electron chi connectivity index (χ0n) is 22.7. The van der Waals surface area contributed by atoms with E-state index in [1.807, 2.05) is 41.5 Å². The molecule has 0 fully saturated rings. The van der Waals surface area contributed by atoms with Crippen LogP contribution in [0.5, 0.6) is 0 Å². The quantitative estimate of drug-likeness (QED) is 0.315. The van der Waals surface area contributed by atoms with E-state index in [4.69, 9.17) is 23.7 Å². The van der Waals surface area contributed by atoms with Crippen LogP contribution in [0.2, 0.25) is 0 Å². The van der Waals surface area contributed by atoms with Crippen molar-refractivity contribution in [2.45, 2.75) is 144 Å². The Kier molecular flexibility index (Phi) is 15.5. The Labute approximate surface area is 193 Å². The molecule has 0 saturated heterocycles. The summed E-state index contributed by atoms with van der Waals surface area (Å²) in [7, 11) is 2.12. The molecule has 0 rings (SSSR count). The van der Waals surface area contributed by atoms with Gasteiger partial charge in [-0.15, -0.1) is 0 Å². The van der Waals surface area contributed by atoms with E-state index < -0.39 is 0 Å². The monoisotopic (exact) mass is 447 g/mol. The average Bonchev–Trinajstić information content (AvgIpc) is 2.59. The molecule has 0 aliphatic rings. The maximum Gasteiger partial charge on any atom is 0.115 e. The number of hydrogen-bond donors (Lipinski definition) is 0. The summed E-state index contributed by atoms with van der Waals surface area (Å²) in [5.41, 5.74) is 0. The molecule has 0 aromatic carbocycles. The van der Waals surface area contributed by atoms with Gasteiger partial charge in [0, 0.05) is 12.6 Å². The van der Waals surface area contributed by atoms with Crippen molar-refractivity contribution >= 4 is 0 Å². The highest BCUT2D eigenvalue weighted by atomic mass is 16.6. The van der Waals surface area contributed by atoms with Gasteiger partial charge in [-0.1, -0.05) is 0 Å². The molecule has 0 amide bonds. The summed E-state index contributed by atoms with van der Waals surface area (Å²) in [5.74, 6) is 0. The molecule has 0 spiro atoms. The second-order valence-electron chi connectivity index (χ2n) is 10.2. The maximum atomic E-state index is 6.51. The number of rotatable bonds is 17. The Morgan fingerprint density at radius 3 is 1.26 bits per heavy atom. The van der Waals surface area contributed by atoms with E-state index in [1.165, 1.54) is 0 Å². The van der Waals surface area contributed by atoms with Gasteiger partial charge < -0.3 is 28.6 Å². The molecule has 4 unspecified atom stereocenters. The molecule has 4 atom stereocenters. The second-order valence-corrected chi connectivity index (χ2v) is 10.2. The van der Waals surface area contributed by atoms with E-state index in [9.17, 15) is 0 Å². The summed E-state index contributed by atoms with van der Waals surface area (Å²) >= 11 is 0. The lowest BCUT2D eigenvalue weighted by atomic mass is 10.00. The Morgan fingerprint density at radius 1 is 0.516 bits per heavy atom. The van der Waals surface area contributed by atoms with Gasteiger partial charge in [-0.05, 0) is 90.1 Å². The molecule has 0 aliphatic carbocycles. The summed E-state index contributed by atoms with van der Waals surface area (Å²) in [5, 5.41) is 0. The number of likely N-dealkylation sites (N-methyl/N-ethyl adjacent to an activating group) is 1. The van der Waals surface area contributed by atoms with E-state index in [-0.39, 0.29) is 54.9 Å². The van der Waals surface area contributed by atoms with Gasteiger partial charge in [0.05, 0.1) is 43.2 Å². The van der Waals surface area contributed by atoms with Gasteiger partial charge in [0.25, 0.3) is 0 Å². The molecular formula is C25H53NO5. The van der Waals surface area contributed by atoms with Crippen molar-refractivity contribution in [2.24, 2.45) is 0 Å². The predicted octanol–water partition coefficient (Wildman–Crippen LogP) is 4.93. The van der Waals surface area contributed by atoms with Crippen LogP contribution in [0.1, 0.15) is 83.1 Å². The summed E-state index contributed by atoms with van der Waals surface area (Å²) in [6.07, 6.45) is -0.802. The molecule has 0 heterocycles. The molecule has 0 saturated carbocycles. The summed E-state index contributed by atoms with van der Waals surface area (Å²) in [6.45, 7) is 26.1. The van der Waals surface area contributed by atoms with Gasteiger partial charge in [-0.3, -0.25) is 0 Å². The third kappa shape index (κ3) is 13.8. The lowest BCUT2D eigenvalue weighted by Crippen LogP contribution is -2.56. The van der Waals surface area contributed by atoms with Gasteiger partial charge in [0.1, 0.15) is 18.3 Å². The van der Waals surface area contributed by atoms with Crippen LogP contribution in [0, 0.1) is 0 Å². The first-order valence-electron chi connectivity index (χ1n) is 12.2. The zero-order valence-corrected chi connectivity index (χ0v) is 22.7. The highest BCUT2D eigenvalue weighted by Crippen LogP contribution is 2.24. The Bertz CT molecular complexity index is 440. The third-order valence-electron chi connectivity index (χ3n) is 4.75. The maximum absolute atomic E-state index is 6.51. The molecule has 31 heavy (non-hydrogen) atoms. The molecule has 6 nitrogen and oxygen atoms in total. The van der Waals surface area contributed by atoms with Crippen LogP contribution < -0.4 is 0 Å². The molecule has 0 bridgehead atoms. The van der Waals surface area contributed by atoms with Crippen molar-refractivity contribution < 1.29 is 23.7 Å². The van der Waals surface area contributed by atoms with E-state index >= 15 is 0 Å². The minimum atomic E-state index is -0.326. The van der Waals surface area contributed by atoms with Crippen molar-refractivity contribution in [1.82, 2.24) is 4.90 Å². The largest absolute Gasteiger partial charge is 0.376 e. The van der Waals surface area contributed by atoms with Crippen molar-refractivity contribution in [3.05, 3.63) is 0 Å². The first-order chi connectivity index (χ1) is 14.2. The molecule has 0 aromatic heterocycles. The third-order valence-corrected chi connectivity index (χ3v) is 4.75. The van der Waals surface area contributed by atoms with Crippen LogP contribution in [-0.4, -0.2) is 86.1 Å². The van der Waals surface area contributed by atoms with Crippen molar-refractivity contribution in [3.63, 3.8) is 0 Å². The fraction of sp³-hybridized carbons (Fsp3) is 1.00. The van der Waals surface area contributed by atoms with Crippen LogP contribution in [0.4, 0.5) is 0 Å². The molecule has 188 valence electrons. The van der Waals surface area contributed by atoms with Gasteiger partial charge in [0.15, 0.2) is 0 Å². The highest BCUT2D eigenvalue weighted by molar-refractivity contribution is 4.89. The van der Waals surface area contributed by atoms with Crippen LogP contribution in [0.3, 0.4) is 0 Å². The van der Waals surface area contributed by atoms with Crippen molar-refractivity contribution in [2.75, 3.05) is 20.2 Å². The number of nitrogens with zero attached hydrogens (tertiary/aromatic N) is 1. The molecular weight excluding hydrogens is 394 g/mol. The van der Waals surface area contributed by atoms with Crippen LogP contribution in [-0.2, 0) is 23.7 Å². The zero-order chi connectivity index (χ0) is 24.3. The Balaban J connectivity index is 6.16. The Hall–Kier alpha value is -0.240. The first kappa shape index (κ1) is 30.8. The molecule has 0 aliphatic heterocycles. The van der Waals surface area contributed by atoms with Gasteiger partial charge in [0.2, 0.25) is 0 Å². The van der Waals surface area contributed by atoms with Gasteiger partial charge in [-0.25, -0.2) is 0 Å². The average molecular weight is 448 g/mol. The molecule has 0 N–H and O–H groups in total. The summed E-state index contributed by atoms with van der Waals surface area (Å²) in [4.78, 5) is 2.29. The second kappa shape index (κ2) is 15.6. The van der Waals surface area contributed by atoms with E-state index in [0.717, 1.165) is 6.54 Å². The smallest absolute Gasteiger partial charge is 0.115 e. The fourth-order valence-electron chi connectivity index (χ4n) is 3.30. The standard InChI is InChI=1S/C25H53NO5/c1-16(2)26(13)14-22(28-18(5)6)24(30-20(9)10)25(31-21(11)12)23(29-19(7)8)15-27-17(3)4/h16-25H,14-15H2,1-13H3. The lowest BCUT2D eigenvalue weighted by molar-refractivity contribution is -0.220. The first-order valence-corrected chi connectivity index (χ1v) is 12.2. The molecule has 0 radical (unpaired) electrons. The molecule has 6 heteroatoms. The normalized spacial score (nSPS) is 17.0. The minimum absolute atomic E-state index is 0.0168. The topological polar surface area (TPSA) is 49.4 Å². The molecule has 0 aromatic rings. The van der Waals surface area contributed by atoms with Crippen LogP contribution >= 0.6 is 0 Å². The van der Waals surface area contributed by atoms with Gasteiger partial charge in [-0.2, -0.15) is 0 Å². The van der Waals surface area contributed by atoms with E-state index in [1.54, 1.807) is 0 Å². The van der Waals surface area contributed by atoms with Crippen LogP contribution in [0.25, 0.3) is 0 Å². The van der Waals surface area contributed by atoms with Crippen molar-refractivity contribution in [3.8, 4) is 0 Å². The van der Waals surface area contributed by atoms with Crippen LogP contribution in [0.15, 0.2) is 0 Å². The van der Waals surface area contributed by atoms with E-state index in [2.05, 4.69) is 53.5 Å². The Morgan fingerprint density at radius 2 is 0.903 bits per heavy atom. The minimum Gasteiger partial charge on any atom is -0.376 e. The van der Waals surface area contributed by atoms with Gasteiger partial charge >= 0.3 is 0 Å². The summed E-state index contributed by atoms with van der Waals surface area (Å²) < 4.78 is 31.8. The number of hydrogen-bond acceptors (Lipinski definition) is 6. The highest BCUT2D eigenvalue weighted by Gasteiger charge is 2.40. The van der Waals surface area contributed by atoms with Crippen molar-refractivity contribution in [1.29, 1.82) is 0 Å². The lowest BCUT2D eigenvalue weighted by Gasteiger charge is -2.41. The SMILES string of the molecule is CC(C)OCC(OC(C)C)C(OC(C)C)C(OC(C)C)C(CN(C)C(C)C)OC(C)C. The number of ether oxygens (including phenoxy) is 5. The summed E-state index contributed by atoms with van der Waals surface area (Å²) in [6, 6.07) is 0.398. The fourth-order valence-corrected chi connectivity index (χ4v) is 3.30. The van der Waals surface area contributed by atoms with E-state index in [0.29, 0.717) is 12.6 Å². The predicted molar refractivity (Wildman–Crippen MR) is 129 cm³/mol.